The second-order valence-electron chi connectivity index (χ2n) is 3.81. The minimum Gasteiger partial charge on any atom is -0.457 e. The number of carbonyl (C=O) groups excluding carboxylic acids is 1. The van der Waals surface area contributed by atoms with Crippen molar-refractivity contribution in [1.82, 2.24) is 4.98 Å². The second kappa shape index (κ2) is 5.25. The van der Waals surface area contributed by atoms with Gasteiger partial charge in [-0.1, -0.05) is 23.8 Å². The van der Waals surface area contributed by atoms with Crippen LogP contribution in [-0.4, -0.2) is 11.0 Å². The first-order chi connectivity index (χ1) is 8.25. The molecule has 2 aromatic rings. The summed E-state index contributed by atoms with van der Waals surface area (Å²) in [5.74, 6) is -0.308. The number of carbonyl (C=O) groups is 1. The molecule has 0 N–H and O–H groups in total. The van der Waals surface area contributed by atoms with Crippen LogP contribution in [0.2, 0.25) is 0 Å². The molecule has 0 bridgehead atoms. The van der Waals surface area contributed by atoms with E-state index < -0.39 is 0 Å². The number of hydrogen-bond donors (Lipinski definition) is 0. The number of nitrogens with zero attached hydrogens (tertiary/aromatic N) is 1. The molecule has 3 nitrogen and oxygen atoms in total. The largest absolute Gasteiger partial charge is 0.457 e. The van der Waals surface area contributed by atoms with Gasteiger partial charge in [-0.05, 0) is 25.1 Å². The van der Waals surface area contributed by atoms with E-state index in [2.05, 4.69) is 4.98 Å². The molecule has 1 heterocycles. The molecule has 0 amide bonds. The van der Waals surface area contributed by atoms with Gasteiger partial charge in [0.05, 0.1) is 5.56 Å². The molecule has 0 aliphatic rings. The van der Waals surface area contributed by atoms with Crippen molar-refractivity contribution in [2.45, 2.75) is 13.5 Å². The normalized spacial score (nSPS) is 9.94. The summed E-state index contributed by atoms with van der Waals surface area (Å²) < 4.78 is 5.19. The van der Waals surface area contributed by atoms with E-state index in [1.807, 2.05) is 37.3 Å². The maximum Gasteiger partial charge on any atom is 0.338 e. The van der Waals surface area contributed by atoms with E-state index in [-0.39, 0.29) is 12.6 Å². The van der Waals surface area contributed by atoms with Crippen LogP contribution in [0.1, 0.15) is 21.5 Å². The SMILES string of the molecule is Cc1cccc(C(=O)OCc2cccnc2)c1. The molecule has 0 saturated heterocycles. The van der Waals surface area contributed by atoms with Gasteiger partial charge in [-0.3, -0.25) is 4.98 Å². The topological polar surface area (TPSA) is 39.2 Å². The lowest BCUT2D eigenvalue weighted by molar-refractivity contribution is 0.0472. The van der Waals surface area contributed by atoms with Crippen molar-refractivity contribution < 1.29 is 9.53 Å². The Morgan fingerprint density at radius 2 is 2.18 bits per heavy atom. The van der Waals surface area contributed by atoms with Crippen LogP contribution < -0.4 is 0 Å². The summed E-state index contributed by atoms with van der Waals surface area (Å²) in [4.78, 5) is 15.7. The van der Waals surface area contributed by atoms with E-state index in [1.54, 1.807) is 18.5 Å². The fourth-order valence-electron chi connectivity index (χ4n) is 1.49. The van der Waals surface area contributed by atoms with Crippen molar-refractivity contribution in [3.05, 3.63) is 65.5 Å². The van der Waals surface area contributed by atoms with Crippen LogP contribution in [0.15, 0.2) is 48.8 Å². The smallest absolute Gasteiger partial charge is 0.338 e. The minimum absolute atomic E-state index is 0.251. The van der Waals surface area contributed by atoms with Crippen molar-refractivity contribution in [2.75, 3.05) is 0 Å². The van der Waals surface area contributed by atoms with Crippen molar-refractivity contribution in [3.8, 4) is 0 Å². The monoisotopic (exact) mass is 227 g/mol. The van der Waals surface area contributed by atoms with Crippen molar-refractivity contribution in [2.24, 2.45) is 0 Å². The third-order valence-corrected chi connectivity index (χ3v) is 2.35. The van der Waals surface area contributed by atoms with E-state index in [4.69, 9.17) is 4.74 Å². The summed E-state index contributed by atoms with van der Waals surface area (Å²) in [6.07, 6.45) is 3.37. The van der Waals surface area contributed by atoms with Crippen LogP contribution in [0, 0.1) is 6.92 Å². The van der Waals surface area contributed by atoms with Gasteiger partial charge < -0.3 is 4.74 Å². The van der Waals surface area contributed by atoms with Crippen LogP contribution in [0.5, 0.6) is 0 Å². The number of esters is 1. The Kier molecular flexibility index (Phi) is 3.50. The number of rotatable bonds is 3. The van der Waals surface area contributed by atoms with E-state index in [0.29, 0.717) is 5.56 Å². The van der Waals surface area contributed by atoms with E-state index >= 15 is 0 Å². The molecular formula is C14H13NO2. The number of benzene rings is 1. The molecular weight excluding hydrogens is 214 g/mol. The standard InChI is InChI=1S/C14H13NO2/c1-11-4-2-6-13(8-11)14(16)17-10-12-5-3-7-15-9-12/h2-9H,10H2,1H3. The van der Waals surface area contributed by atoms with Gasteiger partial charge >= 0.3 is 5.97 Å². The molecule has 17 heavy (non-hydrogen) atoms. The molecule has 0 radical (unpaired) electrons. The lowest BCUT2D eigenvalue weighted by Gasteiger charge is -2.05. The Labute approximate surface area is 100 Å². The number of hydrogen-bond acceptors (Lipinski definition) is 3. The van der Waals surface area contributed by atoms with Crippen LogP contribution in [0.25, 0.3) is 0 Å². The molecule has 1 aromatic carbocycles. The Morgan fingerprint density at radius 1 is 1.29 bits per heavy atom. The van der Waals surface area contributed by atoms with Crippen LogP contribution in [0.3, 0.4) is 0 Å². The zero-order chi connectivity index (χ0) is 12.1. The van der Waals surface area contributed by atoms with Gasteiger partial charge in [0.2, 0.25) is 0 Å². The Balaban J connectivity index is 1.98. The van der Waals surface area contributed by atoms with Gasteiger partial charge in [0.25, 0.3) is 0 Å². The molecule has 1 aromatic heterocycles. The summed E-state index contributed by atoms with van der Waals surface area (Å²) in [6.45, 7) is 2.19. The lowest BCUT2D eigenvalue weighted by atomic mass is 10.1. The average Bonchev–Trinajstić information content (AvgIpc) is 2.37. The number of ether oxygens (including phenoxy) is 1. The van der Waals surface area contributed by atoms with Crippen molar-refractivity contribution in [1.29, 1.82) is 0 Å². The summed E-state index contributed by atoms with van der Waals surface area (Å²) in [7, 11) is 0. The molecule has 3 heteroatoms. The fraction of sp³-hybridized carbons (Fsp3) is 0.143. The van der Waals surface area contributed by atoms with Gasteiger partial charge in [-0.15, -0.1) is 0 Å². The average molecular weight is 227 g/mol. The van der Waals surface area contributed by atoms with Crippen molar-refractivity contribution in [3.63, 3.8) is 0 Å². The third-order valence-electron chi connectivity index (χ3n) is 2.35. The highest BCUT2D eigenvalue weighted by Gasteiger charge is 2.06. The molecule has 0 spiro atoms. The van der Waals surface area contributed by atoms with Gasteiger partial charge in [-0.25, -0.2) is 4.79 Å². The van der Waals surface area contributed by atoms with E-state index in [1.165, 1.54) is 0 Å². The molecule has 0 fully saturated rings. The van der Waals surface area contributed by atoms with E-state index in [0.717, 1.165) is 11.1 Å². The molecule has 0 aliphatic heterocycles. The highest BCUT2D eigenvalue weighted by atomic mass is 16.5. The second-order valence-corrected chi connectivity index (χ2v) is 3.81. The first-order valence-electron chi connectivity index (χ1n) is 5.38. The van der Waals surface area contributed by atoms with Gasteiger partial charge in [0, 0.05) is 18.0 Å². The predicted molar refractivity (Wildman–Crippen MR) is 64.5 cm³/mol. The quantitative estimate of drug-likeness (QED) is 0.757. The first kappa shape index (κ1) is 11.3. The van der Waals surface area contributed by atoms with Crippen LogP contribution in [-0.2, 0) is 11.3 Å². The minimum atomic E-state index is -0.308. The molecule has 86 valence electrons. The van der Waals surface area contributed by atoms with Crippen LogP contribution in [0.4, 0.5) is 0 Å². The maximum absolute atomic E-state index is 11.7. The van der Waals surface area contributed by atoms with Crippen LogP contribution >= 0.6 is 0 Å². The highest BCUT2D eigenvalue weighted by Crippen LogP contribution is 2.07. The summed E-state index contributed by atoms with van der Waals surface area (Å²) in [5, 5.41) is 0. The lowest BCUT2D eigenvalue weighted by Crippen LogP contribution is -2.05. The van der Waals surface area contributed by atoms with E-state index in [9.17, 15) is 4.79 Å². The predicted octanol–water partition coefficient (Wildman–Crippen LogP) is 2.75. The summed E-state index contributed by atoms with van der Waals surface area (Å²) in [5.41, 5.74) is 2.50. The summed E-state index contributed by atoms with van der Waals surface area (Å²) >= 11 is 0. The molecule has 0 aliphatic carbocycles. The fourth-order valence-corrected chi connectivity index (χ4v) is 1.49. The molecule has 2 rings (SSSR count). The van der Waals surface area contributed by atoms with Gasteiger partial charge in [0.15, 0.2) is 0 Å². The van der Waals surface area contributed by atoms with Gasteiger partial charge in [-0.2, -0.15) is 0 Å². The summed E-state index contributed by atoms with van der Waals surface area (Å²) in [6, 6.07) is 11.0. The van der Waals surface area contributed by atoms with Gasteiger partial charge in [0.1, 0.15) is 6.61 Å². The maximum atomic E-state index is 11.7. The van der Waals surface area contributed by atoms with Crippen molar-refractivity contribution >= 4 is 5.97 Å². The number of pyridine rings is 1. The zero-order valence-electron chi connectivity index (χ0n) is 9.59. The Morgan fingerprint density at radius 3 is 2.88 bits per heavy atom. The molecule has 0 saturated carbocycles. The molecule has 0 unspecified atom stereocenters. The first-order valence-corrected chi connectivity index (χ1v) is 5.38. The Hall–Kier alpha value is -2.16. The highest BCUT2D eigenvalue weighted by molar-refractivity contribution is 5.89. The number of aromatic nitrogens is 1. The number of aryl methyl sites for hydroxylation is 1. The molecule has 0 atom stereocenters. The third kappa shape index (κ3) is 3.14. The zero-order valence-corrected chi connectivity index (χ0v) is 9.59. The Bertz CT molecular complexity index is 509.